The highest BCUT2D eigenvalue weighted by atomic mass is 35.5. The van der Waals surface area contributed by atoms with Gasteiger partial charge in [-0.25, -0.2) is 4.39 Å². The Labute approximate surface area is 118 Å². The fourth-order valence-electron chi connectivity index (χ4n) is 1.30. The number of hydrogen-bond acceptors (Lipinski definition) is 2. The van der Waals surface area contributed by atoms with Gasteiger partial charge in [0, 0.05) is 12.1 Å². The molecule has 0 saturated heterocycles. The number of rotatable bonds is 2. The lowest BCUT2D eigenvalue weighted by molar-refractivity contribution is 0.483. The van der Waals surface area contributed by atoms with E-state index in [1.54, 1.807) is 0 Å². The Balaban J connectivity index is 2.34. The van der Waals surface area contributed by atoms with Crippen LogP contribution in [0.4, 0.5) is 10.1 Å². The summed E-state index contributed by atoms with van der Waals surface area (Å²) in [7, 11) is 0. The van der Waals surface area contributed by atoms with Crippen LogP contribution in [-0.2, 0) is 0 Å². The monoisotopic (exact) mass is 305 g/mol. The van der Waals surface area contributed by atoms with Gasteiger partial charge in [0.2, 0.25) is 0 Å². The molecule has 0 unspecified atom stereocenters. The van der Waals surface area contributed by atoms with Gasteiger partial charge in [-0.05, 0) is 18.2 Å². The molecule has 0 radical (unpaired) electrons. The maximum absolute atomic E-state index is 13.0. The number of hydrogen-bond donors (Lipinski definition) is 1. The van der Waals surface area contributed by atoms with Crippen molar-refractivity contribution in [2.75, 3.05) is 5.73 Å². The van der Waals surface area contributed by atoms with Crippen molar-refractivity contribution >= 4 is 40.5 Å². The van der Waals surface area contributed by atoms with E-state index in [9.17, 15) is 4.39 Å². The highest BCUT2D eigenvalue weighted by Gasteiger charge is 2.08. The lowest BCUT2D eigenvalue weighted by Gasteiger charge is -2.10. The van der Waals surface area contributed by atoms with E-state index in [-0.39, 0.29) is 5.02 Å². The Morgan fingerprint density at radius 3 is 2.28 bits per heavy atom. The maximum Gasteiger partial charge on any atom is 0.151 e. The summed E-state index contributed by atoms with van der Waals surface area (Å²) in [5.74, 6) is 0.157. The molecule has 2 nitrogen and oxygen atoms in total. The van der Waals surface area contributed by atoms with Gasteiger partial charge in [-0.1, -0.05) is 34.8 Å². The molecule has 0 heterocycles. The summed E-state index contributed by atoms with van der Waals surface area (Å²) in [5, 5.41) is 0.610. The molecule has 0 bridgehead atoms. The van der Waals surface area contributed by atoms with E-state index in [1.807, 2.05) is 0 Å². The minimum absolute atomic E-state index is 0.0360. The molecule has 0 spiro atoms. The molecule has 0 aliphatic rings. The first-order valence-electron chi connectivity index (χ1n) is 4.85. The van der Waals surface area contributed by atoms with E-state index in [4.69, 9.17) is 45.3 Å². The van der Waals surface area contributed by atoms with Crippen LogP contribution in [0.3, 0.4) is 0 Å². The highest BCUT2D eigenvalue weighted by molar-refractivity contribution is 6.42. The Morgan fingerprint density at radius 1 is 0.944 bits per heavy atom. The van der Waals surface area contributed by atoms with Crippen LogP contribution in [0, 0.1) is 5.82 Å². The third-order valence-electron chi connectivity index (χ3n) is 2.17. The normalized spacial score (nSPS) is 10.4. The zero-order chi connectivity index (χ0) is 13.3. The molecule has 18 heavy (non-hydrogen) atoms. The average Bonchev–Trinajstić information content (AvgIpc) is 2.31. The maximum atomic E-state index is 13.0. The molecule has 0 fully saturated rings. The largest absolute Gasteiger partial charge is 0.455 e. The fraction of sp³-hybridized carbons (Fsp3) is 0. The van der Waals surface area contributed by atoms with Gasteiger partial charge in [-0.3, -0.25) is 0 Å². The molecule has 0 aliphatic heterocycles. The van der Waals surface area contributed by atoms with Gasteiger partial charge >= 0.3 is 0 Å². The molecule has 2 aromatic carbocycles. The SMILES string of the molecule is Nc1cc(Cl)c(Cl)cc1Oc1ccc(F)c(Cl)c1. The number of halogens is 4. The molecule has 0 saturated carbocycles. The predicted molar refractivity (Wildman–Crippen MR) is 72.4 cm³/mol. The molecule has 94 valence electrons. The third-order valence-corrected chi connectivity index (χ3v) is 3.18. The molecule has 2 aromatic rings. The van der Waals surface area contributed by atoms with Crippen LogP contribution in [0.15, 0.2) is 30.3 Å². The summed E-state index contributed by atoms with van der Waals surface area (Å²) in [6, 6.07) is 6.94. The van der Waals surface area contributed by atoms with Crippen molar-refractivity contribution in [3.63, 3.8) is 0 Å². The van der Waals surface area contributed by atoms with Crippen molar-refractivity contribution in [2.24, 2.45) is 0 Å². The van der Waals surface area contributed by atoms with Gasteiger partial charge in [0.1, 0.15) is 11.6 Å². The van der Waals surface area contributed by atoms with Crippen LogP contribution in [-0.4, -0.2) is 0 Å². The summed E-state index contributed by atoms with van der Waals surface area (Å²) < 4.78 is 18.4. The van der Waals surface area contributed by atoms with Crippen molar-refractivity contribution in [2.45, 2.75) is 0 Å². The topological polar surface area (TPSA) is 35.2 Å². The van der Waals surface area contributed by atoms with Crippen molar-refractivity contribution in [3.05, 3.63) is 51.2 Å². The summed E-state index contributed by atoms with van der Waals surface area (Å²) in [5.41, 5.74) is 6.05. The zero-order valence-electron chi connectivity index (χ0n) is 8.88. The Kier molecular flexibility index (Phi) is 3.85. The standard InChI is InChI=1S/C12H7Cl3FNO/c13-7-4-11(17)12(5-8(7)14)18-6-1-2-10(16)9(15)3-6/h1-5H,17H2. The Hall–Kier alpha value is -1.16. The fourth-order valence-corrected chi connectivity index (χ4v) is 1.80. The average molecular weight is 307 g/mol. The Bertz CT molecular complexity index is 604. The first-order valence-corrected chi connectivity index (χ1v) is 5.98. The molecule has 0 aliphatic carbocycles. The number of nitrogen functional groups attached to an aromatic ring is 1. The van der Waals surface area contributed by atoms with E-state index in [2.05, 4.69) is 0 Å². The molecule has 2 N–H and O–H groups in total. The molecule has 2 rings (SSSR count). The van der Waals surface area contributed by atoms with Crippen LogP contribution in [0.25, 0.3) is 0 Å². The number of nitrogens with two attached hydrogens (primary N) is 1. The summed E-state index contributed by atoms with van der Waals surface area (Å²) in [4.78, 5) is 0. The Morgan fingerprint density at radius 2 is 1.61 bits per heavy atom. The molecular formula is C12H7Cl3FNO. The van der Waals surface area contributed by atoms with Crippen LogP contribution in [0.1, 0.15) is 0 Å². The minimum Gasteiger partial charge on any atom is -0.455 e. The first kappa shape index (κ1) is 13.3. The lowest BCUT2D eigenvalue weighted by Crippen LogP contribution is -1.93. The first-order chi connectivity index (χ1) is 8.47. The van der Waals surface area contributed by atoms with Crippen molar-refractivity contribution in [1.82, 2.24) is 0 Å². The molecular weight excluding hydrogens is 299 g/mol. The van der Waals surface area contributed by atoms with Crippen molar-refractivity contribution < 1.29 is 9.13 Å². The van der Waals surface area contributed by atoms with E-state index in [0.29, 0.717) is 27.2 Å². The van der Waals surface area contributed by atoms with Gasteiger partial charge in [0.15, 0.2) is 5.75 Å². The van der Waals surface area contributed by atoms with Crippen LogP contribution in [0.2, 0.25) is 15.1 Å². The van der Waals surface area contributed by atoms with Crippen LogP contribution >= 0.6 is 34.8 Å². The third kappa shape index (κ3) is 2.80. The lowest BCUT2D eigenvalue weighted by atomic mass is 10.3. The summed E-state index contributed by atoms with van der Waals surface area (Å²) >= 11 is 17.3. The quantitative estimate of drug-likeness (QED) is 0.778. The second-order valence-electron chi connectivity index (χ2n) is 3.48. The number of anilines is 1. The molecule has 0 atom stereocenters. The smallest absolute Gasteiger partial charge is 0.151 e. The summed E-state index contributed by atoms with van der Waals surface area (Å²) in [6.07, 6.45) is 0. The van der Waals surface area contributed by atoms with Gasteiger partial charge in [0.05, 0.1) is 20.8 Å². The second kappa shape index (κ2) is 5.22. The van der Waals surface area contributed by atoms with Crippen molar-refractivity contribution in [1.29, 1.82) is 0 Å². The van der Waals surface area contributed by atoms with Gasteiger partial charge in [-0.15, -0.1) is 0 Å². The number of ether oxygens (including phenoxy) is 1. The van der Waals surface area contributed by atoms with E-state index >= 15 is 0 Å². The van der Waals surface area contributed by atoms with E-state index in [0.717, 1.165) is 0 Å². The molecule has 0 aromatic heterocycles. The van der Waals surface area contributed by atoms with Crippen LogP contribution < -0.4 is 10.5 Å². The molecule has 6 heteroatoms. The van der Waals surface area contributed by atoms with Gasteiger partial charge in [0.25, 0.3) is 0 Å². The van der Waals surface area contributed by atoms with Gasteiger partial charge < -0.3 is 10.5 Å². The highest BCUT2D eigenvalue weighted by Crippen LogP contribution is 2.35. The van der Waals surface area contributed by atoms with E-state index in [1.165, 1.54) is 30.3 Å². The number of benzene rings is 2. The van der Waals surface area contributed by atoms with Crippen molar-refractivity contribution in [3.8, 4) is 11.5 Å². The zero-order valence-corrected chi connectivity index (χ0v) is 11.2. The van der Waals surface area contributed by atoms with Gasteiger partial charge in [-0.2, -0.15) is 0 Å². The van der Waals surface area contributed by atoms with E-state index < -0.39 is 5.82 Å². The summed E-state index contributed by atoms with van der Waals surface area (Å²) in [6.45, 7) is 0. The predicted octanol–water partition coefficient (Wildman–Crippen LogP) is 5.16. The minimum atomic E-state index is -0.522. The van der Waals surface area contributed by atoms with Crippen LogP contribution in [0.5, 0.6) is 11.5 Å². The second-order valence-corrected chi connectivity index (χ2v) is 4.70. The molecule has 0 amide bonds.